The first-order valence-electron chi connectivity index (χ1n) is 4.32. The summed E-state index contributed by atoms with van der Waals surface area (Å²) in [5.74, 6) is 0. The number of amides is 2. The van der Waals surface area contributed by atoms with Crippen LogP contribution in [-0.4, -0.2) is 31.8 Å². The predicted molar refractivity (Wildman–Crippen MR) is 46.0 cm³/mol. The quantitative estimate of drug-likeness (QED) is 0.604. The standard InChI is InChI=1S/C8H13N3O2/c9-3-1-4-10-8(12)11-7-2-5-13-6-7/h7H,1-2,4-6H2,(H2,10,11,12). The fourth-order valence-electron chi connectivity index (χ4n) is 1.12. The Bertz CT molecular complexity index is 206. The van der Waals surface area contributed by atoms with E-state index in [0.717, 1.165) is 6.42 Å². The minimum Gasteiger partial charge on any atom is -0.379 e. The molecular formula is C8H13N3O2. The average molecular weight is 183 g/mol. The number of carbonyl (C=O) groups is 1. The summed E-state index contributed by atoms with van der Waals surface area (Å²) in [4.78, 5) is 11.1. The minimum absolute atomic E-state index is 0.127. The number of rotatable bonds is 3. The monoisotopic (exact) mass is 183 g/mol. The van der Waals surface area contributed by atoms with Gasteiger partial charge in [-0.1, -0.05) is 0 Å². The van der Waals surface area contributed by atoms with Gasteiger partial charge >= 0.3 is 6.03 Å². The van der Waals surface area contributed by atoms with Gasteiger partial charge < -0.3 is 15.4 Å². The molecule has 5 nitrogen and oxygen atoms in total. The number of nitrogens with zero attached hydrogens (tertiary/aromatic N) is 1. The highest BCUT2D eigenvalue weighted by Gasteiger charge is 2.16. The molecule has 1 rings (SSSR count). The minimum atomic E-state index is -0.217. The molecule has 1 aliphatic heterocycles. The number of hydrogen-bond acceptors (Lipinski definition) is 3. The molecule has 1 saturated heterocycles. The highest BCUT2D eigenvalue weighted by atomic mass is 16.5. The molecule has 1 atom stereocenters. The molecular weight excluding hydrogens is 170 g/mol. The Hall–Kier alpha value is -1.28. The van der Waals surface area contributed by atoms with Gasteiger partial charge in [0.15, 0.2) is 0 Å². The van der Waals surface area contributed by atoms with Gasteiger partial charge in [0.2, 0.25) is 0 Å². The van der Waals surface area contributed by atoms with Gasteiger partial charge in [-0.15, -0.1) is 0 Å². The highest BCUT2D eigenvalue weighted by Crippen LogP contribution is 2.02. The Morgan fingerprint density at radius 1 is 1.69 bits per heavy atom. The van der Waals surface area contributed by atoms with Crippen molar-refractivity contribution in [3.8, 4) is 6.07 Å². The van der Waals surface area contributed by atoms with Crippen molar-refractivity contribution >= 4 is 6.03 Å². The van der Waals surface area contributed by atoms with Crippen LogP contribution in [0, 0.1) is 11.3 Å². The summed E-state index contributed by atoms with van der Waals surface area (Å²) in [6, 6.07) is 1.86. The maximum Gasteiger partial charge on any atom is 0.315 e. The fourth-order valence-corrected chi connectivity index (χ4v) is 1.12. The highest BCUT2D eigenvalue weighted by molar-refractivity contribution is 5.74. The molecule has 1 heterocycles. The Morgan fingerprint density at radius 2 is 2.54 bits per heavy atom. The maximum absolute atomic E-state index is 11.1. The van der Waals surface area contributed by atoms with Crippen LogP contribution >= 0.6 is 0 Å². The molecule has 1 unspecified atom stereocenters. The van der Waals surface area contributed by atoms with E-state index in [1.54, 1.807) is 0 Å². The number of urea groups is 1. The van der Waals surface area contributed by atoms with Crippen molar-refractivity contribution in [1.29, 1.82) is 5.26 Å². The second kappa shape index (κ2) is 5.38. The molecule has 0 radical (unpaired) electrons. The van der Waals surface area contributed by atoms with Crippen LogP contribution in [0.3, 0.4) is 0 Å². The molecule has 1 aliphatic rings. The molecule has 0 aromatic rings. The number of ether oxygens (including phenoxy) is 1. The Balaban J connectivity index is 2.07. The molecule has 13 heavy (non-hydrogen) atoms. The van der Waals surface area contributed by atoms with Crippen LogP contribution in [0.4, 0.5) is 4.79 Å². The van der Waals surface area contributed by atoms with E-state index in [9.17, 15) is 4.79 Å². The fraction of sp³-hybridized carbons (Fsp3) is 0.750. The molecule has 0 aromatic heterocycles. The lowest BCUT2D eigenvalue weighted by Crippen LogP contribution is -2.42. The zero-order chi connectivity index (χ0) is 9.52. The van der Waals surface area contributed by atoms with Crippen molar-refractivity contribution < 1.29 is 9.53 Å². The van der Waals surface area contributed by atoms with Crippen molar-refractivity contribution in [2.75, 3.05) is 19.8 Å². The van der Waals surface area contributed by atoms with Crippen LogP contribution in [0.2, 0.25) is 0 Å². The molecule has 2 amide bonds. The molecule has 0 aromatic carbocycles. The summed E-state index contributed by atoms with van der Waals surface area (Å²) in [6.07, 6.45) is 1.21. The van der Waals surface area contributed by atoms with Crippen LogP contribution < -0.4 is 10.6 Å². The lowest BCUT2D eigenvalue weighted by atomic mass is 10.3. The van der Waals surface area contributed by atoms with Crippen molar-refractivity contribution in [3.05, 3.63) is 0 Å². The summed E-state index contributed by atoms with van der Waals surface area (Å²) < 4.78 is 5.09. The van der Waals surface area contributed by atoms with E-state index in [4.69, 9.17) is 10.00 Å². The zero-order valence-corrected chi connectivity index (χ0v) is 7.38. The van der Waals surface area contributed by atoms with E-state index in [-0.39, 0.29) is 12.1 Å². The average Bonchev–Trinajstić information content (AvgIpc) is 2.57. The van der Waals surface area contributed by atoms with Gasteiger partial charge in [-0.25, -0.2) is 4.79 Å². The van der Waals surface area contributed by atoms with Crippen molar-refractivity contribution in [3.63, 3.8) is 0 Å². The zero-order valence-electron chi connectivity index (χ0n) is 7.38. The third kappa shape index (κ3) is 3.76. The smallest absolute Gasteiger partial charge is 0.315 e. The maximum atomic E-state index is 11.1. The van der Waals surface area contributed by atoms with Gasteiger partial charge in [-0.2, -0.15) is 5.26 Å². The number of carbonyl (C=O) groups excluding carboxylic acids is 1. The van der Waals surface area contributed by atoms with E-state index < -0.39 is 0 Å². The summed E-state index contributed by atoms with van der Waals surface area (Å²) in [5.41, 5.74) is 0. The van der Waals surface area contributed by atoms with Crippen LogP contribution in [0.25, 0.3) is 0 Å². The molecule has 1 fully saturated rings. The second-order valence-electron chi connectivity index (χ2n) is 2.87. The molecule has 2 N–H and O–H groups in total. The number of hydrogen-bond donors (Lipinski definition) is 2. The first-order valence-corrected chi connectivity index (χ1v) is 4.32. The number of nitrogens with one attached hydrogen (secondary N) is 2. The van der Waals surface area contributed by atoms with Crippen LogP contribution in [0.15, 0.2) is 0 Å². The van der Waals surface area contributed by atoms with Gasteiger partial charge in [-0.3, -0.25) is 0 Å². The van der Waals surface area contributed by atoms with E-state index in [0.29, 0.717) is 26.2 Å². The molecule has 0 spiro atoms. The Morgan fingerprint density at radius 3 is 3.15 bits per heavy atom. The third-order valence-corrected chi connectivity index (χ3v) is 1.79. The summed E-state index contributed by atoms with van der Waals surface area (Å²) in [6.45, 7) is 1.70. The first-order chi connectivity index (χ1) is 6.33. The van der Waals surface area contributed by atoms with Crippen LogP contribution in [0.5, 0.6) is 0 Å². The lowest BCUT2D eigenvalue weighted by molar-refractivity contribution is 0.188. The second-order valence-corrected chi connectivity index (χ2v) is 2.87. The Kier molecular flexibility index (Phi) is 4.06. The van der Waals surface area contributed by atoms with Gasteiger partial charge in [-0.05, 0) is 6.42 Å². The Labute approximate surface area is 77.1 Å². The molecule has 72 valence electrons. The normalized spacial score (nSPS) is 20.7. The first kappa shape index (κ1) is 9.81. The SMILES string of the molecule is N#CCCNC(=O)NC1CCOC1. The van der Waals surface area contributed by atoms with E-state index >= 15 is 0 Å². The molecule has 0 aliphatic carbocycles. The van der Waals surface area contributed by atoms with Gasteiger partial charge in [0, 0.05) is 13.2 Å². The lowest BCUT2D eigenvalue weighted by Gasteiger charge is -2.10. The molecule has 5 heteroatoms. The summed E-state index contributed by atoms with van der Waals surface area (Å²) in [7, 11) is 0. The number of nitriles is 1. The van der Waals surface area contributed by atoms with Crippen molar-refractivity contribution in [2.45, 2.75) is 18.9 Å². The van der Waals surface area contributed by atoms with Gasteiger partial charge in [0.1, 0.15) is 0 Å². The predicted octanol–water partition coefficient (Wildman–Crippen LogP) is -0.0118. The summed E-state index contributed by atoms with van der Waals surface area (Å²) in [5, 5.41) is 13.6. The topological polar surface area (TPSA) is 74.2 Å². The molecule has 0 saturated carbocycles. The third-order valence-electron chi connectivity index (χ3n) is 1.79. The van der Waals surface area contributed by atoms with Crippen LogP contribution in [0.1, 0.15) is 12.8 Å². The van der Waals surface area contributed by atoms with E-state index in [1.165, 1.54) is 0 Å². The largest absolute Gasteiger partial charge is 0.379 e. The van der Waals surface area contributed by atoms with E-state index in [1.807, 2.05) is 6.07 Å². The van der Waals surface area contributed by atoms with Gasteiger partial charge in [0.25, 0.3) is 0 Å². The van der Waals surface area contributed by atoms with Crippen molar-refractivity contribution in [1.82, 2.24) is 10.6 Å². The summed E-state index contributed by atoms with van der Waals surface area (Å²) >= 11 is 0. The van der Waals surface area contributed by atoms with Crippen LogP contribution in [-0.2, 0) is 4.74 Å². The molecule has 0 bridgehead atoms. The van der Waals surface area contributed by atoms with Crippen molar-refractivity contribution in [2.24, 2.45) is 0 Å². The van der Waals surface area contributed by atoms with E-state index in [2.05, 4.69) is 10.6 Å². The van der Waals surface area contributed by atoms with Gasteiger partial charge in [0.05, 0.1) is 25.1 Å².